The van der Waals surface area contributed by atoms with Gasteiger partial charge in [-0.2, -0.15) is 13.9 Å². The molecule has 36 heavy (non-hydrogen) atoms. The van der Waals surface area contributed by atoms with E-state index in [0.29, 0.717) is 36.3 Å². The first kappa shape index (κ1) is 21.6. The minimum absolute atomic E-state index is 0.135. The second kappa shape index (κ2) is 9.03. The van der Waals surface area contributed by atoms with Crippen molar-refractivity contribution in [3.8, 4) is 29.1 Å². The molecule has 4 heterocycles. The van der Waals surface area contributed by atoms with E-state index in [9.17, 15) is 8.78 Å². The molecule has 0 saturated heterocycles. The maximum atomic E-state index is 12.6. The fourth-order valence-corrected chi connectivity index (χ4v) is 4.02. The number of hydrogen-bond acceptors (Lipinski definition) is 7. The van der Waals surface area contributed by atoms with Crippen LogP contribution in [0, 0.1) is 11.8 Å². The molecule has 0 spiro atoms. The largest absolute Gasteiger partial charge is 0.435 e. The Balaban J connectivity index is 1.22. The second-order valence-electron chi connectivity index (χ2n) is 8.09. The Hall–Kier alpha value is -4.91. The number of aromatic amines is 1. The van der Waals surface area contributed by atoms with Crippen molar-refractivity contribution in [1.82, 2.24) is 30.1 Å². The highest BCUT2D eigenvalue weighted by molar-refractivity contribution is 5.79. The Bertz CT molecular complexity index is 1640. The third kappa shape index (κ3) is 4.42. The molecule has 0 atom stereocenters. The molecule has 1 N–H and O–H groups in total. The van der Waals surface area contributed by atoms with Crippen LogP contribution in [0.25, 0.3) is 22.4 Å². The summed E-state index contributed by atoms with van der Waals surface area (Å²) < 4.78 is 29.6. The fourth-order valence-electron chi connectivity index (χ4n) is 4.02. The van der Waals surface area contributed by atoms with Gasteiger partial charge in [-0.1, -0.05) is 12.0 Å². The lowest BCUT2D eigenvalue weighted by Crippen LogP contribution is -2.17. The van der Waals surface area contributed by atoms with Crippen LogP contribution in [0.5, 0.6) is 5.75 Å². The molecule has 1 aliphatic heterocycles. The molecule has 0 saturated carbocycles. The summed E-state index contributed by atoms with van der Waals surface area (Å²) in [6.45, 7) is -1.82. The van der Waals surface area contributed by atoms with Crippen LogP contribution >= 0.6 is 0 Å². The van der Waals surface area contributed by atoms with Crippen molar-refractivity contribution in [3.63, 3.8) is 0 Å². The van der Waals surface area contributed by atoms with E-state index in [1.54, 1.807) is 48.9 Å². The van der Waals surface area contributed by atoms with Crippen molar-refractivity contribution in [1.29, 1.82) is 0 Å². The van der Waals surface area contributed by atoms with Crippen LogP contribution in [0.15, 0.2) is 67.1 Å². The summed E-state index contributed by atoms with van der Waals surface area (Å²) in [6, 6.07) is 14.2. The summed E-state index contributed by atoms with van der Waals surface area (Å²) in [7, 11) is 0. The highest BCUT2D eigenvalue weighted by atomic mass is 19.3. The highest BCUT2D eigenvalue weighted by Crippen LogP contribution is 2.30. The summed E-state index contributed by atoms with van der Waals surface area (Å²) in [5, 5.41) is 7.93. The summed E-state index contributed by atoms with van der Waals surface area (Å²) in [6.07, 6.45) is 5.04. The number of benzene rings is 2. The normalized spacial score (nSPS) is 12.5. The number of hydrogen-bond donors (Lipinski definition) is 1. The van der Waals surface area contributed by atoms with E-state index in [1.807, 2.05) is 23.1 Å². The first-order chi connectivity index (χ1) is 17.6. The number of alkyl halides is 2. The van der Waals surface area contributed by atoms with Gasteiger partial charge in [0, 0.05) is 36.4 Å². The van der Waals surface area contributed by atoms with Crippen molar-refractivity contribution < 1.29 is 13.5 Å². The number of halogens is 2. The first-order valence-electron chi connectivity index (χ1n) is 11.0. The van der Waals surface area contributed by atoms with Crippen molar-refractivity contribution in [2.24, 2.45) is 0 Å². The van der Waals surface area contributed by atoms with Crippen LogP contribution in [0.3, 0.4) is 0 Å². The van der Waals surface area contributed by atoms with Gasteiger partial charge in [0.1, 0.15) is 17.1 Å². The molecule has 0 unspecified atom stereocenters. The third-order valence-electron chi connectivity index (χ3n) is 5.71. The molecule has 0 amide bonds. The van der Waals surface area contributed by atoms with Crippen molar-refractivity contribution in [2.45, 2.75) is 19.7 Å². The molecule has 176 valence electrons. The predicted octanol–water partition coefficient (Wildman–Crippen LogP) is 4.33. The quantitative estimate of drug-likeness (QED) is 0.382. The van der Waals surface area contributed by atoms with Crippen molar-refractivity contribution >= 4 is 16.9 Å². The first-order valence-corrected chi connectivity index (χ1v) is 11.0. The topological polar surface area (TPSA) is 92.7 Å². The van der Waals surface area contributed by atoms with Gasteiger partial charge in [0.2, 0.25) is 5.95 Å². The number of fused-ring (bicyclic) bond motifs is 2. The Kier molecular flexibility index (Phi) is 5.42. The molecule has 0 radical (unpaired) electrons. The van der Waals surface area contributed by atoms with Crippen LogP contribution in [0.4, 0.5) is 14.7 Å². The van der Waals surface area contributed by atoms with E-state index in [0.717, 1.165) is 27.6 Å². The number of rotatable bonds is 4. The number of aromatic nitrogens is 6. The van der Waals surface area contributed by atoms with Gasteiger partial charge in [-0.3, -0.25) is 5.10 Å². The maximum absolute atomic E-state index is 12.6. The van der Waals surface area contributed by atoms with Gasteiger partial charge < -0.3 is 9.64 Å². The van der Waals surface area contributed by atoms with Gasteiger partial charge in [-0.15, -0.1) is 0 Å². The molecule has 10 heteroatoms. The van der Waals surface area contributed by atoms with Crippen LogP contribution in [-0.2, 0) is 13.1 Å². The summed E-state index contributed by atoms with van der Waals surface area (Å²) in [5.74, 6) is 7.26. The molecule has 5 aromatic rings. The zero-order chi connectivity index (χ0) is 24.5. The Morgan fingerprint density at radius 3 is 2.72 bits per heavy atom. The highest BCUT2D eigenvalue weighted by Gasteiger charge is 2.23. The zero-order valence-corrected chi connectivity index (χ0v) is 18.7. The lowest BCUT2D eigenvalue weighted by atomic mass is 10.1. The van der Waals surface area contributed by atoms with Gasteiger partial charge in [0.15, 0.2) is 5.82 Å². The third-order valence-corrected chi connectivity index (χ3v) is 5.71. The average Bonchev–Trinajstić information content (AvgIpc) is 3.54. The van der Waals surface area contributed by atoms with E-state index >= 15 is 0 Å². The smallest absolute Gasteiger partial charge is 0.387 e. The number of H-pyrrole nitrogens is 1. The van der Waals surface area contributed by atoms with Gasteiger partial charge >= 0.3 is 6.61 Å². The van der Waals surface area contributed by atoms with Gasteiger partial charge in [0.05, 0.1) is 11.7 Å². The molecular weight excluding hydrogens is 464 g/mol. The van der Waals surface area contributed by atoms with E-state index < -0.39 is 6.61 Å². The maximum Gasteiger partial charge on any atom is 0.387 e. The number of ether oxygens (including phenoxy) is 1. The molecule has 0 bridgehead atoms. The molecule has 1 aliphatic rings. The Morgan fingerprint density at radius 2 is 1.81 bits per heavy atom. The molecule has 0 aliphatic carbocycles. The van der Waals surface area contributed by atoms with E-state index in [2.05, 4.69) is 46.7 Å². The molecule has 8 nitrogen and oxygen atoms in total. The van der Waals surface area contributed by atoms with Crippen LogP contribution in [0.1, 0.15) is 22.4 Å². The molecule has 3 aromatic heterocycles. The second-order valence-corrected chi connectivity index (χ2v) is 8.09. The van der Waals surface area contributed by atoms with E-state index in [1.165, 1.54) is 0 Å². The van der Waals surface area contributed by atoms with Crippen molar-refractivity contribution in [3.05, 3.63) is 89.5 Å². The van der Waals surface area contributed by atoms with Gasteiger partial charge in [-0.05, 0) is 59.5 Å². The van der Waals surface area contributed by atoms with Gasteiger partial charge in [-0.25, -0.2) is 19.9 Å². The number of nitrogens with zero attached hydrogens (tertiary/aromatic N) is 6. The standard InChI is InChI=1S/C26H17F2N7O/c27-25(28)36-21-5-3-17-14-35(15-19(17)12-21)26-30-10-8-23(33-26)24-29-9-7-20(32-24)4-1-16-2-6-22-18(11-16)13-31-34-22/h2-3,5-13,25H,14-15H2,(H,31,34). The molecule has 0 fully saturated rings. The number of nitrogens with one attached hydrogen (secondary N) is 1. The van der Waals surface area contributed by atoms with E-state index in [-0.39, 0.29) is 5.75 Å². The predicted molar refractivity (Wildman–Crippen MR) is 128 cm³/mol. The lowest BCUT2D eigenvalue weighted by molar-refractivity contribution is -0.0498. The molecule has 2 aromatic carbocycles. The minimum Gasteiger partial charge on any atom is -0.435 e. The summed E-state index contributed by atoms with van der Waals surface area (Å²) >= 11 is 0. The Morgan fingerprint density at radius 1 is 0.917 bits per heavy atom. The number of anilines is 1. The average molecular weight is 481 g/mol. The summed E-state index contributed by atoms with van der Waals surface area (Å²) in [5.41, 5.74) is 4.82. The van der Waals surface area contributed by atoms with E-state index in [4.69, 9.17) is 0 Å². The Labute approximate surface area is 204 Å². The fraction of sp³-hybridized carbons (Fsp3) is 0.115. The molecular formula is C26H17F2N7O. The summed E-state index contributed by atoms with van der Waals surface area (Å²) in [4.78, 5) is 19.9. The van der Waals surface area contributed by atoms with Gasteiger partial charge in [0.25, 0.3) is 0 Å². The molecule has 6 rings (SSSR count). The van der Waals surface area contributed by atoms with Crippen LogP contribution < -0.4 is 9.64 Å². The zero-order valence-electron chi connectivity index (χ0n) is 18.7. The SMILES string of the molecule is FC(F)Oc1ccc2c(c1)CN(c1nccc(-c3nccc(C#Cc4ccc5[nH]ncc5c4)n3)n1)C2. The van der Waals surface area contributed by atoms with Crippen molar-refractivity contribution in [2.75, 3.05) is 4.90 Å². The minimum atomic E-state index is -2.86. The van der Waals surface area contributed by atoms with Crippen LogP contribution in [0.2, 0.25) is 0 Å². The monoisotopic (exact) mass is 481 g/mol. The van der Waals surface area contributed by atoms with Crippen LogP contribution in [-0.4, -0.2) is 36.7 Å². The lowest BCUT2D eigenvalue weighted by Gasteiger charge is -2.15.